The predicted octanol–water partition coefficient (Wildman–Crippen LogP) is 1.80. The fourth-order valence-electron chi connectivity index (χ4n) is 2.12. The number of nitrogens with one attached hydrogen (secondary N) is 1. The molecular formula is C14H18N2O2. The van der Waals surface area contributed by atoms with Gasteiger partial charge in [0.2, 0.25) is 11.8 Å². The second-order valence-electron chi connectivity index (χ2n) is 5.10. The first kappa shape index (κ1) is 12.7. The summed E-state index contributed by atoms with van der Waals surface area (Å²) in [6, 6.07) is 4.03. The molecule has 1 aliphatic rings. The number of hydrogen-bond donors (Lipinski definition) is 1. The zero-order valence-corrected chi connectivity index (χ0v) is 10.8. The van der Waals surface area contributed by atoms with Gasteiger partial charge in [-0.05, 0) is 30.4 Å². The molecule has 0 radical (unpaired) electrons. The summed E-state index contributed by atoms with van der Waals surface area (Å²) < 4.78 is 0. The van der Waals surface area contributed by atoms with Crippen LogP contribution in [0.2, 0.25) is 0 Å². The summed E-state index contributed by atoms with van der Waals surface area (Å²) in [6.07, 6.45) is 3.56. The Morgan fingerprint density at radius 2 is 2.17 bits per heavy atom. The molecule has 1 aromatic heterocycles. The van der Waals surface area contributed by atoms with Crippen LogP contribution in [0.1, 0.15) is 43.9 Å². The summed E-state index contributed by atoms with van der Waals surface area (Å²) in [6.45, 7) is 4.20. The van der Waals surface area contributed by atoms with Gasteiger partial charge in [0.15, 0.2) is 0 Å². The molecule has 2 heterocycles. The highest BCUT2D eigenvalue weighted by atomic mass is 16.2. The summed E-state index contributed by atoms with van der Waals surface area (Å²) >= 11 is 0. The van der Waals surface area contributed by atoms with E-state index in [9.17, 15) is 9.59 Å². The Balaban J connectivity index is 2.01. The Labute approximate surface area is 107 Å². The Hall–Kier alpha value is -1.71. The Morgan fingerprint density at radius 1 is 1.39 bits per heavy atom. The van der Waals surface area contributed by atoms with E-state index in [0.29, 0.717) is 25.2 Å². The first-order chi connectivity index (χ1) is 8.56. The first-order valence-electron chi connectivity index (χ1n) is 6.35. The van der Waals surface area contributed by atoms with Crippen molar-refractivity contribution in [1.82, 2.24) is 10.3 Å². The van der Waals surface area contributed by atoms with Crippen LogP contribution in [-0.2, 0) is 16.0 Å². The molecule has 1 aromatic rings. The molecule has 96 valence electrons. The first-order valence-corrected chi connectivity index (χ1v) is 6.35. The Kier molecular flexibility index (Phi) is 3.75. The van der Waals surface area contributed by atoms with Crippen LogP contribution in [0.25, 0.3) is 0 Å². The third-order valence-corrected chi connectivity index (χ3v) is 3.27. The molecule has 2 rings (SSSR count). The third kappa shape index (κ3) is 2.94. The van der Waals surface area contributed by atoms with Gasteiger partial charge in [0.1, 0.15) is 0 Å². The normalized spacial score (nSPS) is 20.1. The van der Waals surface area contributed by atoms with Gasteiger partial charge in [0.25, 0.3) is 0 Å². The summed E-state index contributed by atoms with van der Waals surface area (Å²) in [5.41, 5.74) is 2.11. The van der Waals surface area contributed by atoms with Gasteiger partial charge in [-0.1, -0.05) is 19.9 Å². The topological polar surface area (TPSA) is 59.1 Å². The van der Waals surface area contributed by atoms with E-state index in [-0.39, 0.29) is 17.7 Å². The number of nitrogens with zero attached hydrogens (tertiary/aromatic N) is 1. The van der Waals surface area contributed by atoms with Crippen molar-refractivity contribution in [3.05, 3.63) is 29.6 Å². The molecule has 1 aliphatic heterocycles. The van der Waals surface area contributed by atoms with Crippen molar-refractivity contribution in [2.45, 2.75) is 39.0 Å². The molecule has 0 aromatic carbocycles. The van der Waals surface area contributed by atoms with Crippen molar-refractivity contribution in [1.29, 1.82) is 0 Å². The molecule has 1 N–H and O–H groups in total. The summed E-state index contributed by atoms with van der Waals surface area (Å²) in [4.78, 5) is 27.1. The number of imide groups is 1. The monoisotopic (exact) mass is 246 g/mol. The van der Waals surface area contributed by atoms with Gasteiger partial charge in [0.05, 0.1) is 0 Å². The number of aromatic nitrogens is 1. The van der Waals surface area contributed by atoms with Gasteiger partial charge in [-0.2, -0.15) is 0 Å². The van der Waals surface area contributed by atoms with E-state index in [1.165, 1.54) is 0 Å². The van der Waals surface area contributed by atoms with Gasteiger partial charge >= 0.3 is 0 Å². The maximum atomic E-state index is 11.6. The van der Waals surface area contributed by atoms with Crippen LogP contribution in [0.4, 0.5) is 0 Å². The van der Waals surface area contributed by atoms with Gasteiger partial charge in [-0.25, -0.2) is 0 Å². The zero-order valence-electron chi connectivity index (χ0n) is 10.8. The number of carbonyl (C=O) groups is 2. The quantitative estimate of drug-likeness (QED) is 0.827. The lowest BCUT2D eigenvalue weighted by molar-refractivity contribution is -0.136. The van der Waals surface area contributed by atoms with Crippen molar-refractivity contribution in [2.75, 3.05) is 0 Å². The second-order valence-corrected chi connectivity index (χ2v) is 5.10. The van der Waals surface area contributed by atoms with E-state index >= 15 is 0 Å². The molecular weight excluding hydrogens is 228 g/mol. The van der Waals surface area contributed by atoms with Crippen LogP contribution < -0.4 is 5.32 Å². The van der Waals surface area contributed by atoms with Crippen LogP contribution in [0.5, 0.6) is 0 Å². The van der Waals surface area contributed by atoms with Gasteiger partial charge in [-0.3, -0.25) is 19.9 Å². The van der Waals surface area contributed by atoms with Crippen molar-refractivity contribution in [2.24, 2.45) is 5.92 Å². The molecule has 2 amide bonds. The standard InChI is InChI=1S/C14H18N2O2/c1-9(2)12-5-3-10(8-15-12)7-11-4-6-13(17)16-14(11)18/h3,5,8-9,11H,4,6-7H2,1-2H3,(H,16,17,18)/t11-/m1/s1. The Bertz CT molecular complexity index is 451. The van der Waals surface area contributed by atoms with Crippen LogP contribution in [0, 0.1) is 5.92 Å². The van der Waals surface area contributed by atoms with Crippen molar-refractivity contribution >= 4 is 11.8 Å². The molecule has 0 aliphatic carbocycles. The van der Waals surface area contributed by atoms with Gasteiger partial charge in [0, 0.05) is 24.2 Å². The third-order valence-electron chi connectivity index (χ3n) is 3.27. The highest BCUT2D eigenvalue weighted by Crippen LogP contribution is 2.19. The number of carbonyl (C=O) groups excluding carboxylic acids is 2. The van der Waals surface area contributed by atoms with E-state index in [4.69, 9.17) is 0 Å². The molecule has 0 saturated carbocycles. The minimum atomic E-state index is -0.162. The summed E-state index contributed by atoms with van der Waals surface area (Å²) in [7, 11) is 0. The Morgan fingerprint density at radius 3 is 2.72 bits per heavy atom. The van der Waals surface area contributed by atoms with E-state index < -0.39 is 0 Å². The molecule has 0 bridgehead atoms. The molecule has 1 fully saturated rings. The average molecular weight is 246 g/mol. The van der Waals surface area contributed by atoms with Crippen molar-refractivity contribution in [3.63, 3.8) is 0 Å². The minimum Gasteiger partial charge on any atom is -0.296 e. The molecule has 4 heteroatoms. The van der Waals surface area contributed by atoms with Gasteiger partial charge in [-0.15, -0.1) is 0 Å². The minimum absolute atomic E-state index is 0.102. The number of amides is 2. The largest absolute Gasteiger partial charge is 0.296 e. The lowest BCUT2D eigenvalue weighted by Crippen LogP contribution is -2.41. The lowest BCUT2D eigenvalue weighted by Gasteiger charge is -2.20. The summed E-state index contributed by atoms with van der Waals surface area (Å²) in [5, 5.41) is 2.38. The smallest absolute Gasteiger partial charge is 0.230 e. The average Bonchev–Trinajstić information content (AvgIpc) is 2.33. The highest BCUT2D eigenvalue weighted by molar-refractivity contribution is 5.98. The van der Waals surface area contributed by atoms with Crippen molar-refractivity contribution < 1.29 is 9.59 Å². The molecule has 4 nitrogen and oxygen atoms in total. The SMILES string of the molecule is CC(C)c1ccc(C[C@H]2CCC(=O)NC2=O)cn1. The maximum absolute atomic E-state index is 11.6. The molecule has 0 unspecified atom stereocenters. The maximum Gasteiger partial charge on any atom is 0.230 e. The number of hydrogen-bond acceptors (Lipinski definition) is 3. The van der Waals surface area contributed by atoms with Crippen LogP contribution in [0.15, 0.2) is 18.3 Å². The molecule has 0 spiro atoms. The van der Waals surface area contributed by atoms with Crippen molar-refractivity contribution in [3.8, 4) is 0 Å². The molecule has 1 saturated heterocycles. The van der Waals surface area contributed by atoms with E-state index in [1.54, 1.807) is 0 Å². The van der Waals surface area contributed by atoms with Crippen LogP contribution >= 0.6 is 0 Å². The number of rotatable bonds is 3. The molecule has 1 atom stereocenters. The number of pyridine rings is 1. The van der Waals surface area contributed by atoms with E-state index in [0.717, 1.165) is 11.3 Å². The molecule has 18 heavy (non-hydrogen) atoms. The fraction of sp³-hybridized carbons (Fsp3) is 0.500. The second kappa shape index (κ2) is 5.29. The van der Waals surface area contributed by atoms with E-state index in [2.05, 4.69) is 24.1 Å². The van der Waals surface area contributed by atoms with Crippen LogP contribution in [-0.4, -0.2) is 16.8 Å². The predicted molar refractivity (Wildman–Crippen MR) is 67.9 cm³/mol. The highest BCUT2D eigenvalue weighted by Gasteiger charge is 2.26. The van der Waals surface area contributed by atoms with Crippen LogP contribution in [0.3, 0.4) is 0 Å². The lowest BCUT2D eigenvalue weighted by atomic mass is 9.91. The zero-order chi connectivity index (χ0) is 13.1. The number of piperidine rings is 1. The van der Waals surface area contributed by atoms with Gasteiger partial charge < -0.3 is 0 Å². The van der Waals surface area contributed by atoms with E-state index in [1.807, 2.05) is 18.3 Å². The summed E-state index contributed by atoms with van der Waals surface area (Å²) in [5.74, 6) is -0.00670. The fourth-order valence-corrected chi connectivity index (χ4v) is 2.12.